The fourth-order valence-corrected chi connectivity index (χ4v) is 2.35. The van der Waals surface area contributed by atoms with Gasteiger partial charge in [-0.3, -0.25) is 4.90 Å². The highest BCUT2D eigenvalue weighted by atomic mass is 15.2. The third kappa shape index (κ3) is 1.80. The fourth-order valence-electron chi connectivity index (χ4n) is 2.35. The van der Waals surface area contributed by atoms with Crippen molar-refractivity contribution < 1.29 is 0 Å². The van der Waals surface area contributed by atoms with Gasteiger partial charge in [-0.15, -0.1) is 0 Å². The van der Waals surface area contributed by atoms with Gasteiger partial charge >= 0.3 is 0 Å². The molecule has 1 rings (SSSR count). The summed E-state index contributed by atoms with van der Waals surface area (Å²) >= 11 is 0. The number of rotatable bonds is 4. The molecule has 1 aliphatic rings. The van der Waals surface area contributed by atoms with Gasteiger partial charge in [0.25, 0.3) is 0 Å². The van der Waals surface area contributed by atoms with E-state index in [9.17, 15) is 0 Å². The van der Waals surface area contributed by atoms with Crippen LogP contribution in [0.3, 0.4) is 0 Å². The van der Waals surface area contributed by atoms with Crippen LogP contribution in [0.2, 0.25) is 0 Å². The molecule has 0 heterocycles. The van der Waals surface area contributed by atoms with Gasteiger partial charge in [-0.25, -0.2) is 0 Å². The highest BCUT2D eigenvalue weighted by molar-refractivity contribution is 4.94. The summed E-state index contributed by atoms with van der Waals surface area (Å²) in [6.07, 6.45) is 6.58. The Kier molecular flexibility index (Phi) is 3.53. The Morgan fingerprint density at radius 2 is 1.92 bits per heavy atom. The third-order valence-electron chi connectivity index (χ3n) is 3.28. The summed E-state index contributed by atoms with van der Waals surface area (Å²) in [6.45, 7) is 4.26. The zero-order valence-corrected chi connectivity index (χ0v) is 8.47. The first-order valence-electron chi connectivity index (χ1n) is 5.16. The van der Waals surface area contributed by atoms with Crippen LogP contribution in [0.5, 0.6) is 0 Å². The van der Waals surface area contributed by atoms with Crippen molar-refractivity contribution in [3.8, 4) is 0 Å². The lowest BCUT2D eigenvalue weighted by molar-refractivity contribution is 0.132. The maximum Gasteiger partial charge on any atom is 0.0328 e. The first-order chi connectivity index (χ1) is 5.75. The van der Waals surface area contributed by atoms with Gasteiger partial charge in [-0.1, -0.05) is 19.8 Å². The molecular weight excluding hydrogens is 148 g/mol. The van der Waals surface area contributed by atoms with E-state index in [0.29, 0.717) is 5.54 Å². The van der Waals surface area contributed by atoms with Gasteiger partial charge < -0.3 is 5.73 Å². The molecule has 1 aliphatic carbocycles. The van der Waals surface area contributed by atoms with Gasteiger partial charge in [0, 0.05) is 12.1 Å². The molecular formula is C10H22N2. The van der Waals surface area contributed by atoms with Crippen LogP contribution in [0.4, 0.5) is 0 Å². The van der Waals surface area contributed by atoms with Gasteiger partial charge in [0.1, 0.15) is 0 Å². The van der Waals surface area contributed by atoms with Crippen molar-refractivity contribution in [3.05, 3.63) is 0 Å². The maximum atomic E-state index is 5.86. The molecule has 1 saturated carbocycles. The number of nitrogens with two attached hydrogens (primary N) is 1. The SMILES string of the molecule is CCCN(C)C1(CN)CCCC1. The molecule has 0 bridgehead atoms. The summed E-state index contributed by atoms with van der Waals surface area (Å²) in [7, 11) is 2.22. The zero-order valence-electron chi connectivity index (χ0n) is 8.47. The van der Waals surface area contributed by atoms with Gasteiger partial charge in [-0.05, 0) is 32.9 Å². The average Bonchev–Trinajstić information content (AvgIpc) is 2.54. The Labute approximate surface area is 76.1 Å². The van der Waals surface area contributed by atoms with Gasteiger partial charge in [0.05, 0.1) is 0 Å². The largest absolute Gasteiger partial charge is 0.329 e. The Bertz CT molecular complexity index is 128. The summed E-state index contributed by atoms with van der Waals surface area (Å²) in [5, 5.41) is 0. The first kappa shape index (κ1) is 10.0. The van der Waals surface area contributed by atoms with Crippen molar-refractivity contribution >= 4 is 0 Å². The van der Waals surface area contributed by atoms with Crippen LogP contribution in [0.15, 0.2) is 0 Å². The number of hydrogen-bond donors (Lipinski definition) is 1. The predicted octanol–water partition coefficient (Wildman–Crippen LogP) is 1.60. The van der Waals surface area contributed by atoms with Crippen LogP contribution >= 0.6 is 0 Å². The average molecular weight is 170 g/mol. The number of likely N-dealkylation sites (N-methyl/N-ethyl adjacent to an activating group) is 1. The molecule has 0 aromatic rings. The lowest BCUT2D eigenvalue weighted by Gasteiger charge is -2.37. The molecule has 0 radical (unpaired) electrons. The van der Waals surface area contributed by atoms with Crippen molar-refractivity contribution in [2.75, 3.05) is 20.1 Å². The number of nitrogens with zero attached hydrogens (tertiary/aromatic N) is 1. The second-order valence-corrected chi connectivity index (χ2v) is 4.06. The Morgan fingerprint density at radius 1 is 1.33 bits per heavy atom. The van der Waals surface area contributed by atoms with Crippen molar-refractivity contribution in [2.24, 2.45) is 5.73 Å². The van der Waals surface area contributed by atoms with E-state index in [4.69, 9.17) is 5.73 Å². The van der Waals surface area contributed by atoms with E-state index < -0.39 is 0 Å². The molecule has 2 nitrogen and oxygen atoms in total. The predicted molar refractivity (Wildman–Crippen MR) is 53.2 cm³/mol. The van der Waals surface area contributed by atoms with E-state index >= 15 is 0 Å². The molecule has 2 heteroatoms. The minimum absolute atomic E-state index is 0.357. The fraction of sp³-hybridized carbons (Fsp3) is 1.00. The first-order valence-corrected chi connectivity index (χ1v) is 5.16. The third-order valence-corrected chi connectivity index (χ3v) is 3.28. The molecule has 0 amide bonds. The summed E-state index contributed by atoms with van der Waals surface area (Å²) in [5.41, 5.74) is 6.22. The van der Waals surface area contributed by atoms with E-state index in [1.807, 2.05) is 0 Å². The molecule has 0 aromatic carbocycles. The van der Waals surface area contributed by atoms with Crippen molar-refractivity contribution in [2.45, 2.75) is 44.6 Å². The minimum Gasteiger partial charge on any atom is -0.329 e. The Hall–Kier alpha value is -0.0800. The van der Waals surface area contributed by atoms with Gasteiger partial charge in [0.15, 0.2) is 0 Å². The van der Waals surface area contributed by atoms with Crippen molar-refractivity contribution in [1.29, 1.82) is 0 Å². The van der Waals surface area contributed by atoms with Crippen molar-refractivity contribution in [3.63, 3.8) is 0 Å². The molecule has 1 fully saturated rings. The van der Waals surface area contributed by atoms with E-state index in [2.05, 4.69) is 18.9 Å². The lowest BCUT2D eigenvalue weighted by atomic mass is 9.95. The van der Waals surface area contributed by atoms with Crippen LogP contribution in [-0.4, -0.2) is 30.6 Å². The second-order valence-electron chi connectivity index (χ2n) is 4.06. The summed E-state index contributed by atoms with van der Waals surface area (Å²) in [4.78, 5) is 2.47. The van der Waals surface area contributed by atoms with E-state index in [1.165, 1.54) is 38.6 Å². The van der Waals surface area contributed by atoms with Crippen LogP contribution in [-0.2, 0) is 0 Å². The van der Waals surface area contributed by atoms with Crippen molar-refractivity contribution in [1.82, 2.24) is 4.90 Å². The summed E-state index contributed by atoms with van der Waals surface area (Å²) < 4.78 is 0. The summed E-state index contributed by atoms with van der Waals surface area (Å²) in [5.74, 6) is 0. The smallest absolute Gasteiger partial charge is 0.0328 e. The molecule has 0 spiro atoms. The lowest BCUT2D eigenvalue weighted by Crippen LogP contribution is -2.50. The van der Waals surface area contributed by atoms with Gasteiger partial charge in [-0.2, -0.15) is 0 Å². The molecule has 0 saturated heterocycles. The standard InChI is InChI=1S/C10H22N2/c1-3-8-12(2)10(9-11)6-4-5-7-10/h3-9,11H2,1-2H3. The maximum absolute atomic E-state index is 5.86. The topological polar surface area (TPSA) is 29.3 Å². The quantitative estimate of drug-likeness (QED) is 0.694. The van der Waals surface area contributed by atoms with E-state index in [-0.39, 0.29) is 0 Å². The highest BCUT2D eigenvalue weighted by Crippen LogP contribution is 2.33. The molecule has 0 aromatic heterocycles. The number of hydrogen-bond acceptors (Lipinski definition) is 2. The normalized spacial score (nSPS) is 22.0. The van der Waals surface area contributed by atoms with Crippen LogP contribution in [0.1, 0.15) is 39.0 Å². The molecule has 72 valence electrons. The van der Waals surface area contributed by atoms with Crippen LogP contribution in [0.25, 0.3) is 0 Å². The Morgan fingerprint density at radius 3 is 2.33 bits per heavy atom. The zero-order chi connectivity index (χ0) is 9.03. The van der Waals surface area contributed by atoms with Crippen LogP contribution < -0.4 is 5.73 Å². The molecule has 0 unspecified atom stereocenters. The minimum atomic E-state index is 0.357. The molecule has 2 N–H and O–H groups in total. The monoisotopic (exact) mass is 170 g/mol. The summed E-state index contributed by atoms with van der Waals surface area (Å²) in [6, 6.07) is 0. The Balaban J connectivity index is 2.52. The van der Waals surface area contributed by atoms with Gasteiger partial charge in [0.2, 0.25) is 0 Å². The molecule has 0 atom stereocenters. The molecule has 12 heavy (non-hydrogen) atoms. The van der Waals surface area contributed by atoms with Crippen LogP contribution in [0, 0.1) is 0 Å². The highest BCUT2D eigenvalue weighted by Gasteiger charge is 2.35. The second kappa shape index (κ2) is 4.24. The molecule has 0 aliphatic heterocycles. The van der Waals surface area contributed by atoms with E-state index in [0.717, 1.165) is 6.54 Å². The van der Waals surface area contributed by atoms with E-state index in [1.54, 1.807) is 0 Å².